The number of ether oxygens (including phenoxy) is 1. The van der Waals surface area contributed by atoms with Gasteiger partial charge in [-0.2, -0.15) is 10.4 Å². The van der Waals surface area contributed by atoms with Crippen LogP contribution >= 0.6 is 0 Å². The first kappa shape index (κ1) is 34.7. The maximum Gasteiger partial charge on any atom is 0.264 e. The molecule has 10 nitrogen and oxygen atoms in total. The lowest BCUT2D eigenvalue weighted by Crippen LogP contribution is -2.43. The SMILES string of the molecule is CC(C)(C=C(C#N)C(=O)N1CCC[C@@H](n2nc(-c3ccc(Oc4ccccc4)cc3F)c3c(N)ncnc32)C1)CO[Si](C)(C)C(C)(C)C. The number of aromatic nitrogens is 4. The zero-order valence-electron chi connectivity index (χ0n) is 28.7. The van der Waals surface area contributed by atoms with Gasteiger partial charge in [-0.15, -0.1) is 0 Å². The van der Waals surface area contributed by atoms with Gasteiger partial charge < -0.3 is 19.8 Å². The number of amides is 1. The second kappa shape index (κ2) is 13.5. The van der Waals surface area contributed by atoms with Crippen LogP contribution in [0.5, 0.6) is 11.5 Å². The van der Waals surface area contributed by atoms with E-state index in [9.17, 15) is 10.1 Å². The Morgan fingerprint density at radius 2 is 1.85 bits per heavy atom. The van der Waals surface area contributed by atoms with Crippen molar-refractivity contribution >= 4 is 31.1 Å². The monoisotopic (exact) mass is 669 g/mol. The molecule has 3 heterocycles. The number of nitrogens with zero attached hydrogens (tertiary/aromatic N) is 6. The Bertz CT molecular complexity index is 1880. The fraction of sp³-hybridized carbons (Fsp3) is 0.417. The van der Waals surface area contributed by atoms with Gasteiger partial charge in [0.1, 0.15) is 46.8 Å². The van der Waals surface area contributed by atoms with Gasteiger partial charge >= 0.3 is 0 Å². The molecule has 0 unspecified atom stereocenters. The smallest absolute Gasteiger partial charge is 0.264 e. The molecule has 2 aromatic carbocycles. The first-order valence-corrected chi connectivity index (χ1v) is 19.1. The van der Waals surface area contributed by atoms with Crippen molar-refractivity contribution in [3.05, 3.63) is 72.3 Å². The molecule has 0 bridgehead atoms. The van der Waals surface area contributed by atoms with Crippen LogP contribution in [0.2, 0.25) is 18.1 Å². The van der Waals surface area contributed by atoms with Crippen LogP contribution in [0.25, 0.3) is 22.3 Å². The maximum atomic E-state index is 15.7. The molecule has 1 amide bonds. The van der Waals surface area contributed by atoms with E-state index < -0.39 is 19.5 Å². The van der Waals surface area contributed by atoms with E-state index in [0.717, 1.165) is 0 Å². The van der Waals surface area contributed by atoms with Crippen LogP contribution in [0.4, 0.5) is 10.2 Å². The highest BCUT2D eigenvalue weighted by Crippen LogP contribution is 2.39. The summed E-state index contributed by atoms with van der Waals surface area (Å²) in [5.74, 6) is 0.223. The summed E-state index contributed by atoms with van der Waals surface area (Å²) in [4.78, 5) is 24.1. The number of nitriles is 1. The summed E-state index contributed by atoms with van der Waals surface area (Å²) in [6, 6.07) is 15.6. The molecule has 1 saturated heterocycles. The number of carbonyl (C=O) groups excluding carboxylic acids is 1. The average molecular weight is 670 g/mol. The standard InChI is InChI=1S/C36H44FN7O3Si/c1-35(2,3)48(6,7)46-22-36(4,5)19-24(20-38)34(45)43-17-11-12-25(21-43)44-33-30(32(39)40-23-41-33)31(42-44)28-16-15-27(18-29(28)37)47-26-13-9-8-10-14-26/h8-10,13-16,18-19,23,25H,11-12,17,21-22H2,1-7H3,(H2,39,40,41)/t25-/m1/s1. The average Bonchev–Trinajstić information content (AvgIpc) is 3.43. The Balaban J connectivity index is 1.40. The van der Waals surface area contributed by atoms with E-state index in [0.29, 0.717) is 60.8 Å². The lowest BCUT2D eigenvalue weighted by atomic mass is 9.91. The maximum absolute atomic E-state index is 15.7. The number of benzene rings is 2. The van der Waals surface area contributed by atoms with Crippen molar-refractivity contribution in [2.75, 3.05) is 25.4 Å². The number of piperidine rings is 1. The van der Waals surface area contributed by atoms with Crippen LogP contribution in [-0.4, -0.2) is 58.6 Å². The van der Waals surface area contributed by atoms with Gasteiger partial charge in [0.2, 0.25) is 0 Å². The largest absolute Gasteiger partial charge is 0.457 e. The Kier molecular flexibility index (Phi) is 9.76. The van der Waals surface area contributed by atoms with Gasteiger partial charge in [0.05, 0.1) is 11.4 Å². The molecule has 0 saturated carbocycles. The Morgan fingerprint density at radius 1 is 1.12 bits per heavy atom. The molecule has 1 atom stereocenters. The Morgan fingerprint density at radius 3 is 2.52 bits per heavy atom. The highest BCUT2D eigenvalue weighted by molar-refractivity contribution is 6.74. The number of hydrogen-bond donors (Lipinski definition) is 1. The molecule has 1 aliphatic heterocycles. The third-order valence-electron chi connectivity index (χ3n) is 9.22. The van der Waals surface area contributed by atoms with Crippen molar-refractivity contribution in [1.82, 2.24) is 24.6 Å². The number of carbonyl (C=O) groups is 1. The lowest BCUT2D eigenvalue weighted by Gasteiger charge is -2.38. The third-order valence-corrected chi connectivity index (χ3v) is 13.7. The van der Waals surface area contributed by atoms with E-state index >= 15 is 4.39 Å². The lowest BCUT2D eigenvalue weighted by molar-refractivity contribution is -0.128. The Labute approximate surface area is 282 Å². The topological polar surface area (TPSA) is 132 Å². The summed E-state index contributed by atoms with van der Waals surface area (Å²) < 4.78 is 29.6. The van der Waals surface area contributed by atoms with Crippen molar-refractivity contribution in [3.63, 3.8) is 0 Å². The second-order valence-electron chi connectivity index (χ2n) is 14.6. The third kappa shape index (κ3) is 7.42. The summed E-state index contributed by atoms with van der Waals surface area (Å²) in [5, 5.41) is 15.4. The van der Waals surface area contributed by atoms with Crippen molar-refractivity contribution in [1.29, 1.82) is 5.26 Å². The molecule has 252 valence electrons. The molecule has 1 fully saturated rings. The normalized spacial score (nSPS) is 16.2. The number of fused-ring (bicyclic) bond motifs is 1. The fourth-order valence-electron chi connectivity index (χ4n) is 5.48. The number of nitrogens with two attached hydrogens (primary N) is 1. The number of halogens is 1. The minimum Gasteiger partial charge on any atom is -0.457 e. The predicted molar refractivity (Wildman–Crippen MR) is 187 cm³/mol. The molecule has 12 heteroatoms. The van der Waals surface area contributed by atoms with Gasteiger partial charge in [-0.1, -0.05) is 58.9 Å². The van der Waals surface area contributed by atoms with Crippen LogP contribution in [0.1, 0.15) is 53.5 Å². The molecule has 0 aliphatic carbocycles. The number of rotatable bonds is 9. The minimum absolute atomic E-state index is 0.0433. The summed E-state index contributed by atoms with van der Waals surface area (Å²) in [6.45, 7) is 16.1. The zero-order chi connectivity index (χ0) is 34.9. The van der Waals surface area contributed by atoms with Crippen LogP contribution in [0, 0.1) is 22.6 Å². The summed E-state index contributed by atoms with van der Waals surface area (Å²) in [5.41, 5.74) is 6.84. The molecule has 48 heavy (non-hydrogen) atoms. The molecule has 1 aliphatic rings. The molecular weight excluding hydrogens is 626 g/mol. The van der Waals surface area contributed by atoms with Crippen molar-refractivity contribution in [2.24, 2.45) is 5.41 Å². The quantitative estimate of drug-likeness (QED) is 0.109. The molecule has 0 spiro atoms. The van der Waals surface area contributed by atoms with E-state index in [1.165, 1.54) is 12.4 Å². The predicted octanol–water partition coefficient (Wildman–Crippen LogP) is 7.67. The molecular formula is C36H44FN7O3Si. The van der Waals surface area contributed by atoms with Crippen LogP contribution < -0.4 is 10.5 Å². The van der Waals surface area contributed by atoms with Crippen molar-refractivity contribution < 1.29 is 18.3 Å². The fourth-order valence-corrected chi connectivity index (χ4v) is 6.65. The van der Waals surface area contributed by atoms with Gasteiger partial charge in [-0.3, -0.25) is 4.79 Å². The highest BCUT2D eigenvalue weighted by Gasteiger charge is 2.39. The first-order valence-electron chi connectivity index (χ1n) is 16.2. The number of nitrogen functional groups attached to an aromatic ring is 1. The number of anilines is 1. The zero-order valence-corrected chi connectivity index (χ0v) is 29.7. The van der Waals surface area contributed by atoms with E-state index in [2.05, 4.69) is 49.9 Å². The molecule has 5 rings (SSSR count). The second-order valence-corrected chi connectivity index (χ2v) is 19.4. The van der Waals surface area contributed by atoms with Crippen molar-refractivity contribution in [2.45, 2.75) is 71.6 Å². The van der Waals surface area contributed by atoms with Gasteiger partial charge in [0.25, 0.3) is 5.91 Å². The van der Waals surface area contributed by atoms with Gasteiger partial charge in [0, 0.05) is 36.7 Å². The summed E-state index contributed by atoms with van der Waals surface area (Å²) in [6.07, 6.45) is 4.47. The molecule has 2 N–H and O–H groups in total. The van der Waals surface area contributed by atoms with Crippen LogP contribution in [-0.2, 0) is 9.22 Å². The van der Waals surface area contributed by atoms with E-state index in [1.54, 1.807) is 39.9 Å². The van der Waals surface area contributed by atoms with E-state index in [4.69, 9.17) is 20.0 Å². The minimum atomic E-state index is -2.02. The first-order chi connectivity index (χ1) is 22.6. The van der Waals surface area contributed by atoms with Gasteiger partial charge in [0.15, 0.2) is 14.0 Å². The summed E-state index contributed by atoms with van der Waals surface area (Å²) >= 11 is 0. The van der Waals surface area contributed by atoms with Crippen LogP contribution in [0.15, 0.2) is 66.5 Å². The van der Waals surface area contributed by atoms with E-state index in [-0.39, 0.29) is 33.9 Å². The van der Waals surface area contributed by atoms with E-state index in [1.807, 2.05) is 32.0 Å². The Hall–Kier alpha value is -4.60. The number of likely N-dealkylation sites (tertiary alicyclic amines) is 1. The van der Waals surface area contributed by atoms with Crippen molar-refractivity contribution in [3.8, 4) is 28.8 Å². The van der Waals surface area contributed by atoms with Crippen LogP contribution in [0.3, 0.4) is 0 Å². The molecule has 0 radical (unpaired) electrons. The van der Waals surface area contributed by atoms with Gasteiger partial charge in [-0.05, 0) is 55.2 Å². The molecule has 4 aromatic rings. The van der Waals surface area contributed by atoms with Gasteiger partial charge in [-0.25, -0.2) is 19.0 Å². The number of para-hydroxylation sites is 1. The molecule has 2 aromatic heterocycles. The summed E-state index contributed by atoms with van der Waals surface area (Å²) in [7, 11) is -2.02. The number of hydrogen-bond acceptors (Lipinski definition) is 8. The highest BCUT2D eigenvalue weighted by atomic mass is 28.4.